The Bertz CT molecular complexity index is 146. The van der Waals surface area contributed by atoms with E-state index in [1.54, 1.807) is 0 Å². The number of rotatable bonds is 1. The fourth-order valence-corrected chi connectivity index (χ4v) is 2.40. The third kappa shape index (κ3) is 2.08. The Morgan fingerprint density at radius 2 is 1.91 bits per heavy atom. The van der Waals surface area contributed by atoms with E-state index in [1.807, 2.05) is 0 Å². The van der Waals surface area contributed by atoms with Crippen molar-refractivity contribution in [3.63, 3.8) is 0 Å². The summed E-state index contributed by atoms with van der Waals surface area (Å²) in [5.74, 6) is 2.63. The third-order valence-electron chi connectivity index (χ3n) is 3.06. The number of allylic oxidation sites excluding steroid dienone is 1. The zero-order valence-corrected chi connectivity index (χ0v) is 8.06. The van der Waals surface area contributed by atoms with Crippen molar-refractivity contribution >= 4 is 0 Å². The van der Waals surface area contributed by atoms with Crippen LogP contribution in [-0.4, -0.2) is 0 Å². The molecule has 1 aliphatic rings. The van der Waals surface area contributed by atoms with Gasteiger partial charge in [0, 0.05) is 0 Å². The van der Waals surface area contributed by atoms with E-state index < -0.39 is 0 Å². The predicted octanol–water partition coefficient (Wildman–Crippen LogP) is 3.63. The Kier molecular flexibility index (Phi) is 2.75. The molecule has 0 N–H and O–H groups in total. The molecular formula is C11H20. The van der Waals surface area contributed by atoms with E-state index in [4.69, 9.17) is 0 Å². The zero-order valence-electron chi connectivity index (χ0n) is 8.06. The molecule has 0 aliphatic heterocycles. The molecule has 3 atom stereocenters. The summed E-state index contributed by atoms with van der Waals surface area (Å²) in [4.78, 5) is 0. The molecule has 0 heteroatoms. The average Bonchev–Trinajstić information content (AvgIpc) is 1.85. The van der Waals surface area contributed by atoms with Gasteiger partial charge in [0.25, 0.3) is 0 Å². The maximum Gasteiger partial charge on any atom is -0.0183 e. The van der Waals surface area contributed by atoms with E-state index in [2.05, 4.69) is 27.4 Å². The van der Waals surface area contributed by atoms with E-state index in [9.17, 15) is 0 Å². The summed E-state index contributed by atoms with van der Waals surface area (Å²) in [6.45, 7) is 11.0. The van der Waals surface area contributed by atoms with Crippen LogP contribution in [0.2, 0.25) is 0 Å². The molecule has 11 heavy (non-hydrogen) atoms. The van der Waals surface area contributed by atoms with Crippen molar-refractivity contribution in [2.75, 3.05) is 0 Å². The lowest BCUT2D eigenvalue weighted by Gasteiger charge is -2.32. The summed E-state index contributed by atoms with van der Waals surface area (Å²) in [6.07, 6.45) is 4.18. The molecule has 1 aliphatic carbocycles. The molecule has 1 fully saturated rings. The molecule has 0 saturated heterocycles. The van der Waals surface area contributed by atoms with Crippen LogP contribution in [-0.2, 0) is 0 Å². The van der Waals surface area contributed by atoms with Crippen LogP contribution in [0.1, 0.15) is 40.0 Å². The Morgan fingerprint density at radius 3 is 2.36 bits per heavy atom. The summed E-state index contributed by atoms with van der Waals surface area (Å²) in [7, 11) is 0. The Balaban J connectivity index is 2.50. The van der Waals surface area contributed by atoms with Gasteiger partial charge >= 0.3 is 0 Å². The highest BCUT2D eigenvalue weighted by molar-refractivity contribution is 5.00. The van der Waals surface area contributed by atoms with Crippen LogP contribution < -0.4 is 0 Å². The quantitative estimate of drug-likeness (QED) is 0.503. The third-order valence-corrected chi connectivity index (χ3v) is 3.06. The molecule has 64 valence electrons. The van der Waals surface area contributed by atoms with E-state index in [0.717, 1.165) is 17.8 Å². The standard InChI is InChI=1S/C11H20/c1-8(2)11-6-5-9(3)7-10(11)4/h9-11H,1,5-7H2,2-4H3/t9-,10-,11-/m1/s1. The van der Waals surface area contributed by atoms with Crippen molar-refractivity contribution in [2.24, 2.45) is 17.8 Å². The molecule has 0 amide bonds. The van der Waals surface area contributed by atoms with Crippen molar-refractivity contribution in [1.82, 2.24) is 0 Å². The Morgan fingerprint density at radius 1 is 1.27 bits per heavy atom. The summed E-state index contributed by atoms with van der Waals surface area (Å²) in [5, 5.41) is 0. The van der Waals surface area contributed by atoms with Crippen LogP contribution in [0.25, 0.3) is 0 Å². The number of hydrogen-bond donors (Lipinski definition) is 0. The minimum Gasteiger partial charge on any atom is -0.0999 e. The topological polar surface area (TPSA) is 0 Å². The maximum atomic E-state index is 4.05. The van der Waals surface area contributed by atoms with Gasteiger partial charge in [0.1, 0.15) is 0 Å². The smallest absolute Gasteiger partial charge is 0.0183 e. The Labute approximate surface area is 70.7 Å². The fraction of sp³-hybridized carbons (Fsp3) is 0.818. The summed E-state index contributed by atoms with van der Waals surface area (Å²) in [5.41, 5.74) is 1.39. The van der Waals surface area contributed by atoms with Crippen LogP contribution >= 0.6 is 0 Å². The van der Waals surface area contributed by atoms with Gasteiger partial charge in [-0.1, -0.05) is 32.4 Å². The minimum absolute atomic E-state index is 0.811. The first-order valence-electron chi connectivity index (χ1n) is 4.76. The molecule has 0 spiro atoms. The number of hydrogen-bond acceptors (Lipinski definition) is 0. The normalized spacial score (nSPS) is 38.6. The van der Waals surface area contributed by atoms with Gasteiger partial charge in [0.15, 0.2) is 0 Å². The summed E-state index contributed by atoms with van der Waals surface area (Å²) in [6, 6.07) is 0. The van der Waals surface area contributed by atoms with Crippen LogP contribution in [0.15, 0.2) is 12.2 Å². The van der Waals surface area contributed by atoms with E-state index >= 15 is 0 Å². The summed E-state index contributed by atoms with van der Waals surface area (Å²) < 4.78 is 0. The molecule has 1 saturated carbocycles. The molecule has 0 aromatic carbocycles. The molecule has 0 heterocycles. The summed E-state index contributed by atoms with van der Waals surface area (Å²) >= 11 is 0. The lowest BCUT2D eigenvalue weighted by Crippen LogP contribution is -2.21. The highest BCUT2D eigenvalue weighted by Crippen LogP contribution is 2.36. The van der Waals surface area contributed by atoms with Gasteiger partial charge in [-0.15, -0.1) is 0 Å². The van der Waals surface area contributed by atoms with E-state index in [0.29, 0.717) is 0 Å². The monoisotopic (exact) mass is 152 g/mol. The van der Waals surface area contributed by atoms with Crippen molar-refractivity contribution in [2.45, 2.75) is 40.0 Å². The van der Waals surface area contributed by atoms with Gasteiger partial charge in [-0.05, 0) is 37.5 Å². The van der Waals surface area contributed by atoms with Gasteiger partial charge in [0.05, 0.1) is 0 Å². The van der Waals surface area contributed by atoms with Crippen molar-refractivity contribution in [3.05, 3.63) is 12.2 Å². The van der Waals surface area contributed by atoms with Gasteiger partial charge < -0.3 is 0 Å². The van der Waals surface area contributed by atoms with Gasteiger partial charge in [-0.25, -0.2) is 0 Å². The van der Waals surface area contributed by atoms with E-state index in [1.165, 1.54) is 24.8 Å². The van der Waals surface area contributed by atoms with Gasteiger partial charge in [-0.3, -0.25) is 0 Å². The van der Waals surface area contributed by atoms with Gasteiger partial charge in [-0.2, -0.15) is 0 Å². The second-order valence-corrected chi connectivity index (χ2v) is 4.35. The highest BCUT2D eigenvalue weighted by atomic mass is 14.3. The molecule has 0 aromatic rings. The SMILES string of the molecule is C=C(C)[C@H]1CC[C@@H](C)C[C@H]1C. The van der Waals surface area contributed by atoms with Crippen LogP contribution in [0.4, 0.5) is 0 Å². The highest BCUT2D eigenvalue weighted by Gasteiger charge is 2.25. The van der Waals surface area contributed by atoms with Crippen molar-refractivity contribution < 1.29 is 0 Å². The first-order valence-corrected chi connectivity index (χ1v) is 4.76. The van der Waals surface area contributed by atoms with Crippen LogP contribution in [0.5, 0.6) is 0 Å². The molecule has 0 bridgehead atoms. The van der Waals surface area contributed by atoms with E-state index in [-0.39, 0.29) is 0 Å². The zero-order chi connectivity index (χ0) is 8.43. The minimum atomic E-state index is 0.811. The second-order valence-electron chi connectivity index (χ2n) is 4.35. The maximum absolute atomic E-state index is 4.05. The largest absolute Gasteiger partial charge is 0.0999 e. The fourth-order valence-electron chi connectivity index (χ4n) is 2.40. The van der Waals surface area contributed by atoms with Crippen molar-refractivity contribution in [1.29, 1.82) is 0 Å². The first kappa shape index (κ1) is 8.83. The van der Waals surface area contributed by atoms with Crippen LogP contribution in [0, 0.1) is 17.8 Å². The molecule has 0 radical (unpaired) electrons. The Hall–Kier alpha value is -0.260. The second kappa shape index (κ2) is 3.42. The first-order chi connectivity index (χ1) is 5.11. The van der Waals surface area contributed by atoms with Crippen molar-refractivity contribution in [3.8, 4) is 0 Å². The molecule has 0 unspecified atom stereocenters. The molecule has 1 rings (SSSR count). The lowest BCUT2D eigenvalue weighted by atomic mass is 9.73. The predicted molar refractivity (Wildman–Crippen MR) is 50.5 cm³/mol. The molecular weight excluding hydrogens is 132 g/mol. The van der Waals surface area contributed by atoms with Gasteiger partial charge in [0.2, 0.25) is 0 Å². The van der Waals surface area contributed by atoms with Crippen LogP contribution in [0.3, 0.4) is 0 Å². The lowest BCUT2D eigenvalue weighted by molar-refractivity contribution is 0.233. The average molecular weight is 152 g/mol. The molecule has 0 aromatic heterocycles. The molecule has 0 nitrogen and oxygen atoms in total.